The number of hydrogen-bond acceptors (Lipinski definition) is 6. The normalized spacial score (nSPS) is 23.2. The molecule has 7 heteroatoms. The Labute approximate surface area is 155 Å². The number of ether oxygens (including phenoxy) is 1. The maximum atomic E-state index is 12.0. The zero-order chi connectivity index (χ0) is 18.0. The molecule has 0 radical (unpaired) electrons. The van der Waals surface area contributed by atoms with Crippen LogP contribution in [0.25, 0.3) is 0 Å². The summed E-state index contributed by atoms with van der Waals surface area (Å²) in [7, 11) is 0. The van der Waals surface area contributed by atoms with Gasteiger partial charge in [-0.15, -0.1) is 0 Å². The van der Waals surface area contributed by atoms with Crippen molar-refractivity contribution in [1.82, 2.24) is 15.3 Å². The van der Waals surface area contributed by atoms with Crippen LogP contribution in [0.2, 0.25) is 0 Å². The molecular formula is C19H29N5O2. The number of rotatable bonds is 3. The van der Waals surface area contributed by atoms with E-state index < -0.39 is 0 Å². The van der Waals surface area contributed by atoms with Crippen LogP contribution in [0.3, 0.4) is 0 Å². The second-order valence-electron chi connectivity index (χ2n) is 7.61. The lowest BCUT2D eigenvalue weighted by atomic mass is 9.87. The van der Waals surface area contributed by atoms with E-state index in [0.29, 0.717) is 19.6 Å². The lowest BCUT2D eigenvalue weighted by molar-refractivity contribution is -0.126. The van der Waals surface area contributed by atoms with Crippen LogP contribution < -0.4 is 15.1 Å². The van der Waals surface area contributed by atoms with Crippen LogP contribution in [0.1, 0.15) is 44.7 Å². The minimum atomic E-state index is -0.296. The third-order valence-electron chi connectivity index (χ3n) is 5.82. The minimum Gasteiger partial charge on any atom is -0.372 e. The zero-order valence-electron chi connectivity index (χ0n) is 15.7. The van der Waals surface area contributed by atoms with E-state index in [1.165, 1.54) is 12.8 Å². The summed E-state index contributed by atoms with van der Waals surface area (Å²) in [5.41, 5.74) is 0.803. The number of amides is 1. The molecule has 0 unspecified atom stereocenters. The Morgan fingerprint density at radius 1 is 1.15 bits per heavy atom. The van der Waals surface area contributed by atoms with Gasteiger partial charge in [-0.2, -0.15) is 4.98 Å². The predicted molar refractivity (Wildman–Crippen MR) is 101 cm³/mol. The molecular weight excluding hydrogens is 330 g/mol. The van der Waals surface area contributed by atoms with E-state index in [1.807, 2.05) is 0 Å². The average Bonchev–Trinajstić information content (AvgIpc) is 3.14. The van der Waals surface area contributed by atoms with Gasteiger partial charge in [-0.1, -0.05) is 6.92 Å². The summed E-state index contributed by atoms with van der Waals surface area (Å²) in [5.74, 6) is 2.01. The molecule has 1 aromatic heterocycles. The smallest absolute Gasteiger partial charge is 0.227 e. The van der Waals surface area contributed by atoms with Crippen molar-refractivity contribution in [2.45, 2.75) is 51.0 Å². The summed E-state index contributed by atoms with van der Waals surface area (Å²) < 4.78 is 6.08. The average molecular weight is 359 g/mol. The van der Waals surface area contributed by atoms with Gasteiger partial charge in [0, 0.05) is 44.5 Å². The molecule has 1 aromatic rings. The Hall–Kier alpha value is -1.89. The topological polar surface area (TPSA) is 70.6 Å². The molecule has 4 rings (SSSR count). The molecule has 0 atom stereocenters. The number of anilines is 2. The summed E-state index contributed by atoms with van der Waals surface area (Å²) >= 11 is 0. The lowest BCUT2D eigenvalue weighted by Crippen LogP contribution is -2.47. The number of aryl methyl sites for hydroxylation is 1. The van der Waals surface area contributed by atoms with E-state index >= 15 is 0 Å². The van der Waals surface area contributed by atoms with Crippen molar-refractivity contribution in [2.75, 3.05) is 49.1 Å². The molecule has 3 aliphatic rings. The van der Waals surface area contributed by atoms with Crippen LogP contribution in [0.4, 0.5) is 11.8 Å². The Morgan fingerprint density at radius 2 is 1.92 bits per heavy atom. The molecule has 0 saturated carbocycles. The van der Waals surface area contributed by atoms with Crippen molar-refractivity contribution in [3.8, 4) is 0 Å². The number of hydrogen-bond donors (Lipinski definition) is 1. The summed E-state index contributed by atoms with van der Waals surface area (Å²) in [6, 6.07) is 2.12. The SMILES string of the molecule is CCc1cc(N2CCC3(CC2)CC(=O)NCCO3)nc(N2CCCC2)n1. The van der Waals surface area contributed by atoms with E-state index in [2.05, 4.69) is 28.1 Å². The lowest BCUT2D eigenvalue weighted by Gasteiger charge is -2.41. The van der Waals surface area contributed by atoms with E-state index in [0.717, 1.165) is 62.9 Å². The molecule has 3 aliphatic heterocycles. The van der Waals surface area contributed by atoms with Crippen molar-refractivity contribution < 1.29 is 9.53 Å². The van der Waals surface area contributed by atoms with Gasteiger partial charge in [-0.25, -0.2) is 4.98 Å². The number of carbonyl (C=O) groups is 1. The first-order chi connectivity index (χ1) is 12.7. The maximum Gasteiger partial charge on any atom is 0.227 e. The highest BCUT2D eigenvalue weighted by atomic mass is 16.5. The standard InChI is InChI=1S/C19H29N5O2/c1-2-15-13-16(22-18(21-15)24-8-3-4-9-24)23-10-5-19(6-11-23)14-17(25)20-7-12-26-19/h13H,2-12,14H2,1H3,(H,20,25). The van der Waals surface area contributed by atoms with Crippen molar-refractivity contribution in [1.29, 1.82) is 0 Å². The van der Waals surface area contributed by atoms with Crippen molar-refractivity contribution in [3.05, 3.63) is 11.8 Å². The summed E-state index contributed by atoms with van der Waals surface area (Å²) in [5, 5.41) is 2.91. The molecule has 3 fully saturated rings. The molecule has 1 N–H and O–H groups in total. The van der Waals surface area contributed by atoms with Crippen LogP contribution in [-0.2, 0) is 16.0 Å². The van der Waals surface area contributed by atoms with Gasteiger partial charge in [0.05, 0.1) is 18.6 Å². The number of nitrogens with zero attached hydrogens (tertiary/aromatic N) is 4. The van der Waals surface area contributed by atoms with Crippen LogP contribution >= 0.6 is 0 Å². The quantitative estimate of drug-likeness (QED) is 0.882. The summed E-state index contributed by atoms with van der Waals surface area (Å²) in [6.45, 7) is 7.22. The highest BCUT2D eigenvalue weighted by Crippen LogP contribution is 2.33. The Kier molecular flexibility index (Phi) is 4.98. The summed E-state index contributed by atoms with van der Waals surface area (Å²) in [6.07, 6.45) is 5.57. The fourth-order valence-corrected chi connectivity index (χ4v) is 4.20. The van der Waals surface area contributed by atoms with Crippen molar-refractivity contribution >= 4 is 17.7 Å². The number of aromatic nitrogens is 2. The van der Waals surface area contributed by atoms with E-state index in [1.54, 1.807) is 0 Å². The maximum absolute atomic E-state index is 12.0. The molecule has 3 saturated heterocycles. The molecule has 26 heavy (non-hydrogen) atoms. The van der Waals surface area contributed by atoms with Gasteiger partial charge in [0.25, 0.3) is 0 Å². The highest BCUT2D eigenvalue weighted by molar-refractivity contribution is 5.77. The number of carbonyl (C=O) groups excluding carboxylic acids is 1. The van der Waals surface area contributed by atoms with E-state index in [9.17, 15) is 4.79 Å². The Bertz CT molecular complexity index is 651. The number of nitrogens with one attached hydrogen (secondary N) is 1. The van der Waals surface area contributed by atoms with Crippen molar-refractivity contribution in [3.63, 3.8) is 0 Å². The fraction of sp³-hybridized carbons (Fsp3) is 0.737. The van der Waals surface area contributed by atoms with Crippen LogP contribution in [-0.4, -0.2) is 60.8 Å². The largest absolute Gasteiger partial charge is 0.372 e. The second-order valence-corrected chi connectivity index (χ2v) is 7.61. The molecule has 0 bridgehead atoms. The molecule has 0 aliphatic carbocycles. The van der Waals surface area contributed by atoms with Gasteiger partial charge < -0.3 is 19.9 Å². The molecule has 0 aromatic carbocycles. The van der Waals surface area contributed by atoms with Gasteiger partial charge in [-0.3, -0.25) is 4.79 Å². The monoisotopic (exact) mass is 359 g/mol. The van der Waals surface area contributed by atoms with Crippen LogP contribution in [0, 0.1) is 0 Å². The van der Waals surface area contributed by atoms with E-state index in [4.69, 9.17) is 14.7 Å². The molecule has 1 spiro atoms. The molecule has 4 heterocycles. The third-order valence-corrected chi connectivity index (χ3v) is 5.82. The first-order valence-corrected chi connectivity index (χ1v) is 9.96. The second kappa shape index (κ2) is 7.39. The van der Waals surface area contributed by atoms with Crippen LogP contribution in [0.15, 0.2) is 6.07 Å². The number of piperidine rings is 1. The summed E-state index contributed by atoms with van der Waals surface area (Å²) in [4.78, 5) is 26.2. The first kappa shape index (κ1) is 17.5. The fourth-order valence-electron chi connectivity index (χ4n) is 4.20. The zero-order valence-corrected chi connectivity index (χ0v) is 15.7. The van der Waals surface area contributed by atoms with Gasteiger partial charge in [0.1, 0.15) is 5.82 Å². The van der Waals surface area contributed by atoms with Gasteiger partial charge >= 0.3 is 0 Å². The molecule has 142 valence electrons. The van der Waals surface area contributed by atoms with Gasteiger partial charge in [0.15, 0.2) is 0 Å². The Balaban J connectivity index is 1.50. The minimum absolute atomic E-state index is 0.113. The van der Waals surface area contributed by atoms with Crippen LogP contribution in [0.5, 0.6) is 0 Å². The molecule has 1 amide bonds. The van der Waals surface area contributed by atoms with Gasteiger partial charge in [-0.05, 0) is 32.1 Å². The Morgan fingerprint density at radius 3 is 2.65 bits per heavy atom. The highest BCUT2D eigenvalue weighted by Gasteiger charge is 2.39. The first-order valence-electron chi connectivity index (χ1n) is 9.96. The third kappa shape index (κ3) is 3.63. The molecule has 7 nitrogen and oxygen atoms in total. The van der Waals surface area contributed by atoms with E-state index in [-0.39, 0.29) is 11.5 Å². The van der Waals surface area contributed by atoms with Gasteiger partial charge in [0.2, 0.25) is 11.9 Å². The predicted octanol–water partition coefficient (Wildman–Crippen LogP) is 1.51. The van der Waals surface area contributed by atoms with Crippen molar-refractivity contribution in [2.24, 2.45) is 0 Å².